The van der Waals surface area contributed by atoms with Crippen LogP contribution in [0.3, 0.4) is 0 Å². The Bertz CT molecular complexity index is 155. The Morgan fingerprint density at radius 3 is 2.14 bits per heavy atom. The van der Waals surface area contributed by atoms with Crippen LogP contribution in [0.15, 0.2) is 12.7 Å². The molecule has 0 saturated carbocycles. The van der Waals surface area contributed by atoms with Crippen molar-refractivity contribution in [2.24, 2.45) is 0 Å². The van der Waals surface area contributed by atoms with Gasteiger partial charge < -0.3 is 7.96 Å². The van der Waals surface area contributed by atoms with Crippen molar-refractivity contribution in [1.29, 1.82) is 0 Å². The molecule has 0 unspecified atom stereocenters. The van der Waals surface area contributed by atoms with Crippen molar-refractivity contribution < 1.29 is 12.8 Å². The molecule has 0 spiro atoms. The van der Waals surface area contributed by atoms with E-state index in [-0.39, 0.29) is 51.7 Å². The van der Waals surface area contributed by atoms with Crippen LogP contribution in [0.25, 0.3) is 0 Å². The van der Waals surface area contributed by atoms with Gasteiger partial charge in [-0.25, -0.2) is 0 Å². The molecule has 0 heterocycles. The van der Waals surface area contributed by atoms with Crippen molar-refractivity contribution in [3.8, 4) is 0 Å². The minimum atomic E-state index is -0.674. The predicted octanol–water partition coefficient (Wildman–Crippen LogP) is 3.22. The Kier molecular flexibility index (Phi) is 16.9. The summed E-state index contributed by atoms with van der Waals surface area (Å²) in [5.41, 5.74) is 0. The number of carboxylic acid groups (broad SMARTS) is 1. The molecule has 3 heteroatoms. The number of aliphatic carboxylic acids is 1. The van der Waals surface area contributed by atoms with Gasteiger partial charge in [-0.2, -0.15) is 0 Å². The van der Waals surface area contributed by atoms with Gasteiger partial charge in [0, 0.05) is 6.42 Å². The fourth-order valence-electron chi connectivity index (χ4n) is 1.27. The van der Waals surface area contributed by atoms with Gasteiger partial charge in [0.1, 0.15) is 0 Å². The van der Waals surface area contributed by atoms with Crippen LogP contribution in [-0.2, 0) is 4.79 Å². The van der Waals surface area contributed by atoms with Crippen molar-refractivity contribution >= 4 is 54.9 Å². The fourth-order valence-corrected chi connectivity index (χ4v) is 1.27. The van der Waals surface area contributed by atoms with Gasteiger partial charge in [-0.3, -0.25) is 4.79 Å². The van der Waals surface area contributed by atoms with Crippen molar-refractivity contribution in [2.75, 3.05) is 0 Å². The minimum Gasteiger partial charge on any atom is -1.00 e. The predicted molar refractivity (Wildman–Crippen MR) is 62.7 cm³/mol. The Labute approximate surface area is 130 Å². The number of hydrogen-bond donors (Lipinski definition) is 1. The third-order valence-corrected chi connectivity index (χ3v) is 2.05. The van der Waals surface area contributed by atoms with Crippen molar-refractivity contribution in [3.05, 3.63) is 12.7 Å². The first-order valence-corrected chi connectivity index (χ1v) is 5.10. The Morgan fingerprint density at radius 1 is 1.14 bits per heavy atom. The van der Waals surface area contributed by atoms with Crippen molar-refractivity contribution in [1.82, 2.24) is 0 Å². The second-order valence-electron chi connectivity index (χ2n) is 3.34. The Morgan fingerprint density at radius 2 is 1.64 bits per heavy atom. The molecule has 80 valence electrons. The Hall–Kier alpha value is 0.781. The number of hydrogen-bond acceptors (Lipinski definition) is 1. The summed E-state index contributed by atoms with van der Waals surface area (Å²) in [7, 11) is 0. The van der Waals surface area contributed by atoms with Gasteiger partial charge in [0.05, 0.1) is 0 Å². The molecule has 0 aliphatic heterocycles. The summed E-state index contributed by atoms with van der Waals surface area (Å²) in [6.07, 6.45) is 10.1. The maximum absolute atomic E-state index is 10.2. The summed E-state index contributed by atoms with van der Waals surface area (Å²) in [5.74, 6) is -0.674. The molecular formula is C11H22BaO2. The first-order chi connectivity index (χ1) is 6.27. The molecule has 0 aromatic heterocycles. The van der Waals surface area contributed by atoms with Gasteiger partial charge in [-0.05, 0) is 19.3 Å². The molecule has 0 bridgehead atoms. The molecular weight excluding hydrogens is 301 g/mol. The van der Waals surface area contributed by atoms with Gasteiger partial charge in [0.2, 0.25) is 0 Å². The zero-order chi connectivity index (χ0) is 9.94. The number of allylic oxidation sites excluding steroid dienone is 1. The van der Waals surface area contributed by atoms with Crippen LogP contribution in [0.5, 0.6) is 0 Å². The quantitative estimate of drug-likeness (QED) is 0.402. The molecule has 1 N–H and O–H groups in total. The van der Waals surface area contributed by atoms with E-state index in [1.165, 1.54) is 25.7 Å². The Balaban J connectivity index is -0.000000240. The van der Waals surface area contributed by atoms with Crippen LogP contribution in [-0.4, -0.2) is 60.0 Å². The average molecular weight is 324 g/mol. The van der Waals surface area contributed by atoms with Gasteiger partial charge in [-0.1, -0.05) is 31.8 Å². The third-order valence-electron chi connectivity index (χ3n) is 2.05. The van der Waals surface area contributed by atoms with Crippen molar-refractivity contribution in [3.63, 3.8) is 0 Å². The summed E-state index contributed by atoms with van der Waals surface area (Å²) in [6, 6.07) is 0. The molecule has 0 aliphatic rings. The van der Waals surface area contributed by atoms with E-state index in [1.807, 2.05) is 6.08 Å². The molecule has 0 fully saturated rings. The molecule has 2 nitrogen and oxygen atoms in total. The van der Waals surface area contributed by atoms with E-state index in [4.69, 9.17) is 5.11 Å². The minimum absolute atomic E-state index is 0. The summed E-state index contributed by atoms with van der Waals surface area (Å²) >= 11 is 0. The zero-order valence-electron chi connectivity index (χ0n) is 11.0. The second kappa shape index (κ2) is 13.8. The molecule has 0 radical (unpaired) electrons. The average Bonchev–Trinajstić information content (AvgIpc) is 2.09. The van der Waals surface area contributed by atoms with E-state index in [0.29, 0.717) is 6.42 Å². The molecule has 0 aliphatic carbocycles. The van der Waals surface area contributed by atoms with Crippen LogP contribution in [0, 0.1) is 0 Å². The van der Waals surface area contributed by atoms with Crippen LogP contribution >= 0.6 is 0 Å². The van der Waals surface area contributed by atoms with E-state index in [2.05, 4.69) is 6.58 Å². The van der Waals surface area contributed by atoms with E-state index < -0.39 is 5.97 Å². The molecule has 0 aromatic carbocycles. The maximum atomic E-state index is 10.2. The van der Waals surface area contributed by atoms with Crippen LogP contribution in [0.1, 0.15) is 54.2 Å². The second-order valence-corrected chi connectivity index (χ2v) is 3.34. The van der Waals surface area contributed by atoms with Crippen molar-refractivity contribution in [2.45, 2.75) is 51.4 Å². The van der Waals surface area contributed by atoms with Crippen LogP contribution in [0.2, 0.25) is 0 Å². The maximum Gasteiger partial charge on any atom is 2.00 e. The number of carbonyl (C=O) groups is 1. The topological polar surface area (TPSA) is 37.3 Å². The SMILES string of the molecule is C=CCCCCCCCCC(=O)O.[Ba+2].[H-].[H-]. The largest absolute Gasteiger partial charge is 2.00 e. The molecule has 0 rings (SSSR count). The smallest absolute Gasteiger partial charge is 1.00 e. The monoisotopic (exact) mass is 324 g/mol. The van der Waals surface area contributed by atoms with Gasteiger partial charge >= 0.3 is 54.9 Å². The van der Waals surface area contributed by atoms with Gasteiger partial charge in [0.25, 0.3) is 0 Å². The molecule has 0 saturated heterocycles. The molecule has 0 atom stereocenters. The van der Waals surface area contributed by atoms with E-state index in [1.54, 1.807) is 0 Å². The van der Waals surface area contributed by atoms with Crippen LogP contribution in [0.4, 0.5) is 0 Å². The summed E-state index contributed by atoms with van der Waals surface area (Å²) in [4.78, 5) is 10.2. The first kappa shape index (κ1) is 17.2. The first-order valence-electron chi connectivity index (χ1n) is 5.10. The normalized spacial score (nSPS) is 9.14. The number of rotatable bonds is 9. The molecule has 0 aromatic rings. The number of carboxylic acids is 1. The van der Waals surface area contributed by atoms with Gasteiger partial charge in [0.15, 0.2) is 0 Å². The van der Waals surface area contributed by atoms with E-state index in [0.717, 1.165) is 19.3 Å². The van der Waals surface area contributed by atoms with Crippen LogP contribution < -0.4 is 0 Å². The number of unbranched alkanes of at least 4 members (excludes halogenated alkanes) is 6. The molecule has 0 amide bonds. The standard InChI is InChI=1S/C11H20O2.Ba.2H/c1-2-3-4-5-6-7-8-9-10-11(12)13;;;/h2H,1,3-10H2,(H,12,13);;;/q;+2;2*-1. The summed E-state index contributed by atoms with van der Waals surface area (Å²) in [5, 5.41) is 8.38. The third kappa shape index (κ3) is 15.3. The zero-order valence-corrected chi connectivity index (χ0v) is 13.4. The summed E-state index contributed by atoms with van der Waals surface area (Å²) in [6.45, 7) is 3.66. The fraction of sp³-hybridized carbons (Fsp3) is 0.727. The van der Waals surface area contributed by atoms with Gasteiger partial charge in [-0.15, -0.1) is 6.58 Å². The molecule has 14 heavy (non-hydrogen) atoms. The van der Waals surface area contributed by atoms with E-state index in [9.17, 15) is 4.79 Å². The summed E-state index contributed by atoms with van der Waals surface area (Å²) < 4.78 is 0. The van der Waals surface area contributed by atoms with E-state index >= 15 is 0 Å².